The number of carboxylic acids is 1. The highest BCUT2D eigenvalue weighted by atomic mass is 35.5. The van der Waals surface area contributed by atoms with Crippen LogP contribution in [0.1, 0.15) is 11.6 Å². The van der Waals surface area contributed by atoms with Crippen LogP contribution >= 0.6 is 11.6 Å². The second-order valence-electron chi connectivity index (χ2n) is 4.28. The first-order chi connectivity index (χ1) is 10.5. The molecule has 0 bridgehead atoms. The van der Waals surface area contributed by atoms with Crippen molar-refractivity contribution in [3.63, 3.8) is 0 Å². The zero-order valence-corrected chi connectivity index (χ0v) is 13.1. The smallest absolute Gasteiger partial charge is 0.330 e. The van der Waals surface area contributed by atoms with Crippen LogP contribution in [0.5, 0.6) is 5.75 Å². The average Bonchev–Trinajstić information content (AvgIpc) is 2.49. The summed E-state index contributed by atoms with van der Waals surface area (Å²) < 4.78 is 14.8. The minimum Gasteiger partial charge on any atom is -0.495 e. The van der Waals surface area contributed by atoms with Crippen molar-refractivity contribution in [2.45, 2.75) is 6.04 Å². The molecule has 1 rings (SSSR count). The van der Waals surface area contributed by atoms with Crippen LogP contribution in [-0.4, -0.2) is 51.0 Å². The number of hydrogen-bond acceptors (Lipinski definition) is 5. The third-order valence-electron chi connectivity index (χ3n) is 2.73. The molecule has 1 unspecified atom stereocenters. The monoisotopic (exact) mass is 331 g/mol. The Morgan fingerprint density at radius 1 is 1.32 bits per heavy atom. The molecule has 0 saturated carbocycles. The number of halogens is 1. The van der Waals surface area contributed by atoms with E-state index in [4.69, 9.17) is 25.8 Å². The van der Waals surface area contributed by atoms with Gasteiger partial charge in [-0.3, -0.25) is 4.79 Å². The van der Waals surface area contributed by atoms with Crippen molar-refractivity contribution in [3.8, 4) is 5.75 Å². The van der Waals surface area contributed by atoms with Crippen LogP contribution in [-0.2, 0) is 19.1 Å². The molecule has 8 heteroatoms. The molecule has 2 N–H and O–H groups in total. The Morgan fingerprint density at radius 3 is 2.59 bits per heavy atom. The summed E-state index contributed by atoms with van der Waals surface area (Å²) in [5, 5.41) is 11.9. The number of amides is 1. The topological polar surface area (TPSA) is 94.1 Å². The number of rotatable bonds is 9. The highest BCUT2D eigenvalue weighted by Gasteiger charge is 2.23. The summed E-state index contributed by atoms with van der Waals surface area (Å²) in [5.74, 6) is -1.33. The van der Waals surface area contributed by atoms with Crippen molar-refractivity contribution in [2.24, 2.45) is 0 Å². The fourth-order valence-corrected chi connectivity index (χ4v) is 1.93. The molecule has 0 fully saturated rings. The molecule has 1 aromatic rings. The number of ether oxygens (including phenoxy) is 3. The molecule has 0 aliphatic rings. The molecule has 0 aliphatic heterocycles. The summed E-state index contributed by atoms with van der Waals surface area (Å²) in [6, 6.07) is 3.28. The van der Waals surface area contributed by atoms with E-state index in [1.807, 2.05) is 0 Å². The number of aliphatic carboxylic acids is 1. The van der Waals surface area contributed by atoms with Gasteiger partial charge in [-0.25, -0.2) is 4.79 Å². The van der Waals surface area contributed by atoms with E-state index in [9.17, 15) is 14.7 Å². The van der Waals surface area contributed by atoms with E-state index in [1.165, 1.54) is 32.4 Å². The molecule has 0 aliphatic carbocycles. The van der Waals surface area contributed by atoms with Gasteiger partial charge < -0.3 is 24.6 Å². The van der Waals surface area contributed by atoms with Crippen LogP contribution < -0.4 is 10.1 Å². The molecule has 1 aromatic carbocycles. The number of methoxy groups -OCH3 is 2. The van der Waals surface area contributed by atoms with Gasteiger partial charge in [0.2, 0.25) is 5.91 Å². The first-order valence-electron chi connectivity index (χ1n) is 6.42. The van der Waals surface area contributed by atoms with Crippen molar-refractivity contribution in [1.82, 2.24) is 5.32 Å². The minimum absolute atomic E-state index is 0.246. The molecule has 0 radical (unpaired) electrons. The minimum atomic E-state index is -1.22. The maximum absolute atomic E-state index is 11.7. The predicted molar refractivity (Wildman–Crippen MR) is 79.2 cm³/mol. The lowest BCUT2D eigenvalue weighted by molar-refractivity contribution is -0.142. The van der Waals surface area contributed by atoms with Gasteiger partial charge in [0.15, 0.2) is 6.04 Å². The Labute approximate surface area is 133 Å². The molecule has 0 heterocycles. The number of benzene rings is 1. The predicted octanol–water partition coefficient (Wildman–Crippen LogP) is 1.25. The lowest BCUT2D eigenvalue weighted by atomic mass is 10.1. The van der Waals surface area contributed by atoms with Crippen molar-refractivity contribution >= 4 is 23.5 Å². The summed E-state index contributed by atoms with van der Waals surface area (Å²) in [6.45, 7) is 0.344. The lowest BCUT2D eigenvalue weighted by Gasteiger charge is -2.16. The van der Waals surface area contributed by atoms with Gasteiger partial charge in [0, 0.05) is 7.11 Å². The Balaban J connectivity index is 2.71. The van der Waals surface area contributed by atoms with Crippen molar-refractivity contribution in [1.29, 1.82) is 0 Å². The number of hydrogen-bond donors (Lipinski definition) is 2. The van der Waals surface area contributed by atoms with Crippen molar-refractivity contribution < 1.29 is 28.9 Å². The third-order valence-corrected chi connectivity index (χ3v) is 3.02. The van der Waals surface area contributed by atoms with Gasteiger partial charge in [-0.1, -0.05) is 17.7 Å². The standard InChI is InChI=1S/C14H18ClNO6/c1-20-5-6-22-8-12(17)16-13(14(18)19)9-3-4-11(21-2)10(15)7-9/h3-4,7,13H,5-6,8H2,1-2H3,(H,16,17)(H,18,19). The van der Waals surface area contributed by atoms with Gasteiger partial charge in [0.05, 0.1) is 25.3 Å². The Morgan fingerprint density at radius 2 is 2.05 bits per heavy atom. The summed E-state index contributed by atoms with van der Waals surface area (Å²) in [6.07, 6.45) is 0. The number of carbonyl (C=O) groups is 2. The fraction of sp³-hybridized carbons (Fsp3) is 0.429. The summed E-state index contributed by atoms with van der Waals surface area (Å²) >= 11 is 5.96. The molecule has 1 amide bonds. The lowest BCUT2D eigenvalue weighted by Crippen LogP contribution is -2.36. The fourth-order valence-electron chi connectivity index (χ4n) is 1.66. The molecule has 0 spiro atoms. The van der Waals surface area contributed by atoms with Crippen molar-refractivity contribution in [2.75, 3.05) is 34.0 Å². The second-order valence-corrected chi connectivity index (χ2v) is 4.69. The van der Waals surface area contributed by atoms with E-state index >= 15 is 0 Å². The molecular formula is C14H18ClNO6. The molecule has 22 heavy (non-hydrogen) atoms. The summed E-state index contributed by atoms with van der Waals surface area (Å²) in [5.41, 5.74) is 0.337. The Bertz CT molecular complexity index is 522. The maximum atomic E-state index is 11.7. The van der Waals surface area contributed by atoms with E-state index in [1.54, 1.807) is 0 Å². The van der Waals surface area contributed by atoms with Gasteiger partial charge in [0.25, 0.3) is 0 Å². The van der Waals surface area contributed by atoms with Gasteiger partial charge in [-0.2, -0.15) is 0 Å². The largest absolute Gasteiger partial charge is 0.495 e. The van der Waals surface area contributed by atoms with Crippen LogP contribution in [0.25, 0.3) is 0 Å². The van der Waals surface area contributed by atoms with E-state index < -0.39 is 17.9 Å². The molecule has 0 saturated heterocycles. The van der Waals surface area contributed by atoms with Gasteiger partial charge in [-0.15, -0.1) is 0 Å². The highest BCUT2D eigenvalue weighted by molar-refractivity contribution is 6.32. The molecule has 1 atom stereocenters. The third kappa shape index (κ3) is 5.51. The van der Waals surface area contributed by atoms with Gasteiger partial charge in [-0.05, 0) is 17.7 Å². The van der Waals surface area contributed by atoms with Crippen LogP contribution in [0.2, 0.25) is 5.02 Å². The summed E-state index contributed by atoms with van der Waals surface area (Å²) in [7, 11) is 2.96. The van der Waals surface area contributed by atoms with Crippen LogP contribution in [0, 0.1) is 0 Å². The van der Waals surface area contributed by atoms with E-state index in [2.05, 4.69) is 5.32 Å². The molecule has 0 aromatic heterocycles. The van der Waals surface area contributed by atoms with Crippen LogP contribution in [0.4, 0.5) is 0 Å². The Hall–Kier alpha value is -1.83. The van der Waals surface area contributed by atoms with E-state index in [-0.39, 0.29) is 18.2 Å². The van der Waals surface area contributed by atoms with E-state index in [0.29, 0.717) is 17.9 Å². The normalized spacial score (nSPS) is 11.8. The maximum Gasteiger partial charge on any atom is 0.330 e. The Kier molecular flexibility index (Phi) is 7.65. The quantitative estimate of drug-likeness (QED) is 0.661. The van der Waals surface area contributed by atoms with E-state index in [0.717, 1.165) is 0 Å². The zero-order chi connectivity index (χ0) is 16.5. The zero-order valence-electron chi connectivity index (χ0n) is 12.3. The molecule has 122 valence electrons. The SMILES string of the molecule is COCCOCC(=O)NC(C(=O)O)c1ccc(OC)c(Cl)c1. The highest BCUT2D eigenvalue weighted by Crippen LogP contribution is 2.27. The van der Waals surface area contributed by atoms with Gasteiger partial charge in [0.1, 0.15) is 12.4 Å². The number of carboxylic acid groups (broad SMARTS) is 1. The number of nitrogens with one attached hydrogen (secondary N) is 1. The molecule has 7 nitrogen and oxygen atoms in total. The molecular weight excluding hydrogens is 314 g/mol. The van der Waals surface area contributed by atoms with Crippen molar-refractivity contribution in [3.05, 3.63) is 28.8 Å². The summed E-state index contributed by atoms with van der Waals surface area (Å²) in [4.78, 5) is 23.0. The van der Waals surface area contributed by atoms with Crippen LogP contribution in [0.3, 0.4) is 0 Å². The van der Waals surface area contributed by atoms with Gasteiger partial charge >= 0.3 is 5.97 Å². The number of carbonyl (C=O) groups excluding carboxylic acids is 1. The second kappa shape index (κ2) is 9.24. The van der Waals surface area contributed by atoms with Crippen LogP contribution in [0.15, 0.2) is 18.2 Å². The first kappa shape index (κ1) is 18.2. The average molecular weight is 332 g/mol. The first-order valence-corrected chi connectivity index (χ1v) is 6.79.